The SMILES string of the molecule is Cc1cc(NCCO)c2ccc(Cl)c(Cl)c2n1. The molecule has 0 saturated heterocycles. The summed E-state index contributed by atoms with van der Waals surface area (Å²) in [6, 6.07) is 5.53. The van der Waals surface area contributed by atoms with E-state index < -0.39 is 0 Å². The van der Waals surface area contributed by atoms with Crippen LogP contribution >= 0.6 is 23.2 Å². The van der Waals surface area contributed by atoms with E-state index in [0.717, 1.165) is 16.8 Å². The minimum absolute atomic E-state index is 0.0736. The second-order valence-corrected chi connectivity index (χ2v) is 4.50. The van der Waals surface area contributed by atoms with Gasteiger partial charge in [0, 0.05) is 23.3 Å². The molecule has 2 rings (SSSR count). The smallest absolute Gasteiger partial charge is 0.0927 e. The van der Waals surface area contributed by atoms with Gasteiger partial charge in [0.05, 0.1) is 22.2 Å². The Morgan fingerprint density at radius 2 is 2.12 bits per heavy atom. The van der Waals surface area contributed by atoms with Gasteiger partial charge in [0.1, 0.15) is 0 Å². The molecule has 2 aromatic rings. The Balaban J connectivity index is 2.64. The lowest BCUT2D eigenvalue weighted by molar-refractivity contribution is 0.311. The lowest BCUT2D eigenvalue weighted by atomic mass is 10.1. The zero-order valence-corrected chi connectivity index (χ0v) is 10.8. The molecule has 0 aliphatic carbocycles. The molecule has 1 heterocycles. The molecule has 0 radical (unpaired) electrons. The Labute approximate surface area is 109 Å². The number of aromatic nitrogens is 1. The van der Waals surface area contributed by atoms with Crippen LogP contribution in [0.3, 0.4) is 0 Å². The van der Waals surface area contributed by atoms with E-state index in [-0.39, 0.29) is 6.61 Å². The van der Waals surface area contributed by atoms with Gasteiger partial charge >= 0.3 is 0 Å². The fraction of sp³-hybridized carbons (Fsp3) is 0.250. The molecule has 1 aromatic carbocycles. The lowest BCUT2D eigenvalue weighted by Crippen LogP contribution is -2.06. The summed E-state index contributed by atoms with van der Waals surface area (Å²) in [5, 5.41) is 13.8. The van der Waals surface area contributed by atoms with E-state index in [0.29, 0.717) is 22.1 Å². The second-order valence-electron chi connectivity index (χ2n) is 3.72. The van der Waals surface area contributed by atoms with Gasteiger partial charge in [-0.15, -0.1) is 0 Å². The number of hydrogen-bond donors (Lipinski definition) is 2. The van der Waals surface area contributed by atoms with Gasteiger partial charge < -0.3 is 10.4 Å². The summed E-state index contributed by atoms with van der Waals surface area (Å²) in [5.41, 5.74) is 2.43. The molecule has 1 aromatic heterocycles. The predicted molar refractivity (Wildman–Crippen MR) is 72.1 cm³/mol. The average Bonchev–Trinajstić information content (AvgIpc) is 2.31. The van der Waals surface area contributed by atoms with E-state index in [1.54, 1.807) is 6.07 Å². The van der Waals surface area contributed by atoms with Crippen molar-refractivity contribution in [1.82, 2.24) is 4.98 Å². The quantitative estimate of drug-likeness (QED) is 0.900. The van der Waals surface area contributed by atoms with Crippen molar-refractivity contribution >= 4 is 39.8 Å². The van der Waals surface area contributed by atoms with Crippen molar-refractivity contribution in [3.8, 4) is 0 Å². The Kier molecular flexibility index (Phi) is 3.72. The van der Waals surface area contributed by atoms with Crippen LogP contribution in [0.2, 0.25) is 10.0 Å². The molecular weight excluding hydrogens is 259 g/mol. The molecule has 17 heavy (non-hydrogen) atoms. The molecule has 5 heteroatoms. The van der Waals surface area contributed by atoms with Gasteiger partial charge in [0.25, 0.3) is 0 Å². The summed E-state index contributed by atoms with van der Waals surface area (Å²) in [5.74, 6) is 0. The Bertz CT molecular complexity index is 558. The third kappa shape index (κ3) is 2.46. The second kappa shape index (κ2) is 5.08. The lowest BCUT2D eigenvalue weighted by Gasteiger charge is -2.11. The van der Waals surface area contributed by atoms with Crippen molar-refractivity contribution < 1.29 is 5.11 Å². The van der Waals surface area contributed by atoms with Crippen LogP contribution < -0.4 is 5.32 Å². The van der Waals surface area contributed by atoms with E-state index >= 15 is 0 Å². The largest absolute Gasteiger partial charge is 0.395 e. The highest BCUT2D eigenvalue weighted by atomic mass is 35.5. The molecule has 0 atom stereocenters. The van der Waals surface area contributed by atoms with Gasteiger partial charge in [-0.25, -0.2) is 0 Å². The standard InChI is InChI=1S/C12H12Cl2N2O/c1-7-6-10(15-4-5-17)8-2-3-9(13)11(14)12(8)16-7/h2-3,6,17H,4-5H2,1H3,(H,15,16). The number of benzene rings is 1. The van der Waals surface area contributed by atoms with Crippen LogP contribution in [0.1, 0.15) is 5.69 Å². The van der Waals surface area contributed by atoms with Crippen molar-refractivity contribution in [3.63, 3.8) is 0 Å². The van der Waals surface area contributed by atoms with Gasteiger partial charge in [0.15, 0.2) is 0 Å². The third-order valence-corrected chi connectivity index (χ3v) is 3.22. The number of aliphatic hydroxyl groups excluding tert-OH is 1. The minimum Gasteiger partial charge on any atom is -0.395 e. The summed E-state index contributed by atoms with van der Waals surface area (Å²) in [6.07, 6.45) is 0. The number of pyridine rings is 1. The van der Waals surface area contributed by atoms with E-state index in [1.807, 2.05) is 19.1 Å². The summed E-state index contributed by atoms with van der Waals surface area (Å²) in [6.45, 7) is 2.45. The Morgan fingerprint density at radius 1 is 1.35 bits per heavy atom. The number of hydrogen-bond acceptors (Lipinski definition) is 3. The molecule has 90 valence electrons. The zero-order chi connectivity index (χ0) is 12.4. The van der Waals surface area contributed by atoms with Gasteiger partial charge in [-0.1, -0.05) is 23.2 Å². The maximum Gasteiger partial charge on any atom is 0.0927 e. The first-order valence-electron chi connectivity index (χ1n) is 5.23. The van der Waals surface area contributed by atoms with Crippen LogP contribution in [-0.2, 0) is 0 Å². The molecule has 0 unspecified atom stereocenters. The van der Waals surface area contributed by atoms with Crippen LogP contribution in [0.25, 0.3) is 10.9 Å². The number of rotatable bonds is 3. The number of nitrogens with one attached hydrogen (secondary N) is 1. The summed E-state index contributed by atoms with van der Waals surface area (Å²) < 4.78 is 0. The fourth-order valence-corrected chi connectivity index (χ4v) is 2.06. The van der Waals surface area contributed by atoms with Crippen LogP contribution in [0.5, 0.6) is 0 Å². The molecule has 0 spiro atoms. The summed E-state index contributed by atoms with van der Waals surface area (Å²) >= 11 is 12.1. The molecule has 0 aliphatic rings. The monoisotopic (exact) mass is 270 g/mol. The normalized spacial score (nSPS) is 10.8. The van der Waals surface area contributed by atoms with Crippen LogP contribution in [0.15, 0.2) is 18.2 Å². The summed E-state index contributed by atoms with van der Waals surface area (Å²) in [7, 11) is 0. The maximum atomic E-state index is 8.84. The average molecular weight is 271 g/mol. The molecule has 0 amide bonds. The van der Waals surface area contributed by atoms with E-state index in [2.05, 4.69) is 10.3 Å². The first kappa shape index (κ1) is 12.4. The summed E-state index contributed by atoms with van der Waals surface area (Å²) in [4.78, 5) is 4.39. The zero-order valence-electron chi connectivity index (χ0n) is 9.30. The van der Waals surface area contributed by atoms with Crippen molar-refractivity contribution in [2.45, 2.75) is 6.92 Å². The highest BCUT2D eigenvalue weighted by molar-refractivity contribution is 6.45. The molecule has 0 fully saturated rings. The van der Waals surface area contributed by atoms with Crippen LogP contribution in [0.4, 0.5) is 5.69 Å². The van der Waals surface area contributed by atoms with Crippen molar-refractivity contribution in [3.05, 3.63) is 33.9 Å². The van der Waals surface area contributed by atoms with Gasteiger partial charge in [-0.05, 0) is 25.1 Å². The molecule has 3 nitrogen and oxygen atoms in total. The third-order valence-electron chi connectivity index (χ3n) is 2.43. The first-order valence-corrected chi connectivity index (χ1v) is 5.99. The number of aliphatic hydroxyl groups is 1. The predicted octanol–water partition coefficient (Wildman–Crippen LogP) is 3.25. The van der Waals surface area contributed by atoms with E-state index in [4.69, 9.17) is 28.3 Å². The maximum absolute atomic E-state index is 8.84. The topological polar surface area (TPSA) is 45.1 Å². The molecule has 2 N–H and O–H groups in total. The number of aryl methyl sites for hydroxylation is 1. The molecule has 0 saturated carbocycles. The van der Waals surface area contributed by atoms with Gasteiger partial charge in [-0.3, -0.25) is 4.98 Å². The fourth-order valence-electron chi connectivity index (χ4n) is 1.70. The number of anilines is 1. The molecular formula is C12H12Cl2N2O. The van der Waals surface area contributed by atoms with E-state index in [1.165, 1.54) is 0 Å². The van der Waals surface area contributed by atoms with Gasteiger partial charge in [0.2, 0.25) is 0 Å². The van der Waals surface area contributed by atoms with Crippen LogP contribution in [-0.4, -0.2) is 23.2 Å². The number of halogens is 2. The van der Waals surface area contributed by atoms with Crippen molar-refractivity contribution in [2.24, 2.45) is 0 Å². The Hall–Kier alpha value is -1.03. The number of fused-ring (bicyclic) bond motifs is 1. The van der Waals surface area contributed by atoms with Crippen LogP contribution in [0, 0.1) is 6.92 Å². The molecule has 0 aliphatic heterocycles. The highest BCUT2D eigenvalue weighted by Crippen LogP contribution is 2.33. The highest BCUT2D eigenvalue weighted by Gasteiger charge is 2.09. The molecule has 0 bridgehead atoms. The van der Waals surface area contributed by atoms with Gasteiger partial charge in [-0.2, -0.15) is 0 Å². The van der Waals surface area contributed by atoms with Crippen molar-refractivity contribution in [1.29, 1.82) is 0 Å². The Morgan fingerprint density at radius 3 is 2.82 bits per heavy atom. The first-order chi connectivity index (χ1) is 8.13. The van der Waals surface area contributed by atoms with E-state index in [9.17, 15) is 0 Å². The minimum atomic E-state index is 0.0736. The van der Waals surface area contributed by atoms with Crippen molar-refractivity contribution in [2.75, 3.05) is 18.5 Å². The number of nitrogens with zero attached hydrogens (tertiary/aromatic N) is 1.